The molecular weight excluding hydrogens is 488 g/mol. The molecule has 3 aromatic carbocycles. The van der Waals surface area contributed by atoms with Crippen LogP contribution in [0.2, 0.25) is 0 Å². The van der Waals surface area contributed by atoms with Gasteiger partial charge >= 0.3 is 6.18 Å². The van der Waals surface area contributed by atoms with Crippen LogP contribution in [0.1, 0.15) is 38.8 Å². The van der Waals surface area contributed by atoms with Gasteiger partial charge in [-0.2, -0.15) is 18.3 Å². The van der Waals surface area contributed by atoms with Gasteiger partial charge in [0.15, 0.2) is 11.9 Å². The van der Waals surface area contributed by atoms with Crippen LogP contribution >= 0.6 is 0 Å². The minimum absolute atomic E-state index is 0.0504. The molecule has 11 heteroatoms. The van der Waals surface area contributed by atoms with Gasteiger partial charge in [0.2, 0.25) is 0 Å². The first-order chi connectivity index (χ1) is 17.7. The molecule has 1 aliphatic rings. The van der Waals surface area contributed by atoms with Crippen LogP contribution in [0.4, 0.5) is 23.2 Å². The molecule has 2 N–H and O–H groups in total. The molecule has 37 heavy (non-hydrogen) atoms. The van der Waals surface area contributed by atoms with Crippen LogP contribution in [0.15, 0.2) is 70.8 Å². The van der Waals surface area contributed by atoms with Crippen LogP contribution in [-0.2, 0) is 12.7 Å². The van der Waals surface area contributed by atoms with Crippen molar-refractivity contribution in [1.29, 1.82) is 0 Å². The number of benzene rings is 3. The Balaban J connectivity index is 1.29. The molecule has 1 unspecified atom stereocenters. The highest BCUT2D eigenvalue weighted by Crippen LogP contribution is 2.39. The molecule has 1 aliphatic heterocycles. The summed E-state index contributed by atoms with van der Waals surface area (Å²) < 4.78 is 54.7. The van der Waals surface area contributed by atoms with Crippen LogP contribution in [0.25, 0.3) is 15.7 Å². The average Bonchev–Trinajstić information content (AvgIpc) is 3.56. The Hall–Kier alpha value is -4.85. The molecule has 7 nitrogen and oxygen atoms in total. The van der Waals surface area contributed by atoms with E-state index >= 15 is 0 Å². The fourth-order valence-corrected chi connectivity index (χ4v) is 3.90. The second-order valence-electron chi connectivity index (χ2n) is 8.21. The number of aliphatic imine (C=N–C) groups is 2. The van der Waals surface area contributed by atoms with Crippen LogP contribution < -0.4 is 5.32 Å². The summed E-state index contributed by atoms with van der Waals surface area (Å²) in [5, 5.41) is 10.2. The third kappa shape index (κ3) is 4.81. The quantitative estimate of drug-likeness (QED) is 0.267. The minimum atomic E-state index is -4.69. The number of aromatic nitrogens is 2. The lowest BCUT2D eigenvalue weighted by Crippen LogP contribution is -2.23. The standard InChI is InChI=1S/C26H16F4N6O/c1-31-22-7-4-15(9-19(22)26(28,29)30)24-32-13-23(35-24)14-2-3-17(20(27)10-14)11-33-25(37)16-5-6-21-18(8-16)12-34-36-21/h2-10,12-13,24H,11H2,(H,33,37)(H,34,36). The van der Waals surface area contributed by atoms with Gasteiger partial charge in [0.25, 0.3) is 5.91 Å². The predicted octanol–water partition coefficient (Wildman–Crippen LogP) is 5.77. The van der Waals surface area contributed by atoms with E-state index < -0.39 is 29.4 Å². The molecule has 0 saturated heterocycles. The molecule has 0 fully saturated rings. The zero-order valence-corrected chi connectivity index (χ0v) is 18.8. The molecule has 4 aromatic rings. The summed E-state index contributed by atoms with van der Waals surface area (Å²) in [5.41, 5.74) is 0.744. The van der Waals surface area contributed by atoms with Crippen molar-refractivity contribution >= 4 is 34.4 Å². The number of nitrogens with zero attached hydrogens (tertiary/aromatic N) is 4. The summed E-state index contributed by atoms with van der Waals surface area (Å²) in [6.45, 7) is 6.90. The van der Waals surface area contributed by atoms with Gasteiger partial charge < -0.3 is 5.32 Å². The number of halogens is 4. The molecule has 0 saturated carbocycles. The summed E-state index contributed by atoms with van der Waals surface area (Å²) in [7, 11) is 0. The first-order valence-electron chi connectivity index (χ1n) is 10.9. The predicted molar refractivity (Wildman–Crippen MR) is 129 cm³/mol. The van der Waals surface area contributed by atoms with E-state index in [-0.39, 0.29) is 23.6 Å². The van der Waals surface area contributed by atoms with Gasteiger partial charge in [-0.15, -0.1) is 0 Å². The number of hydrogen-bond donors (Lipinski definition) is 2. The van der Waals surface area contributed by atoms with Gasteiger partial charge in [0.1, 0.15) is 5.82 Å². The smallest absolute Gasteiger partial charge is 0.348 e. The fourth-order valence-electron chi connectivity index (χ4n) is 3.90. The van der Waals surface area contributed by atoms with Crippen molar-refractivity contribution in [2.24, 2.45) is 9.98 Å². The Bertz CT molecular complexity index is 1630. The van der Waals surface area contributed by atoms with E-state index in [1.54, 1.807) is 30.5 Å². The van der Waals surface area contributed by atoms with Gasteiger partial charge in [-0.25, -0.2) is 9.24 Å². The van der Waals surface area contributed by atoms with E-state index in [4.69, 9.17) is 6.57 Å². The van der Waals surface area contributed by atoms with Crippen LogP contribution in [0.3, 0.4) is 0 Å². The lowest BCUT2D eigenvalue weighted by molar-refractivity contribution is -0.136. The lowest BCUT2D eigenvalue weighted by Gasteiger charge is -2.12. The summed E-state index contributed by atoms with van der Waals surface area (Å²) in [6.07, 6.45) is -2.67. The third-order valence-electron chi connectivity index (χ3n) is 5.83. The third-order valence-corrected chi connectivity index (χ3v) is 5.83. The molecule has 184 valence electrons. The Morgan fingerprint density at radius 2 is 1.95 bits per heavy atom. The maximum Gasteiger partial charge on any atom is 0.407 e. The van der Waals surface area contributed by atoms with Crippen LogP contribution in [0, 0.1) is 12.4 Å². The molecule has 0 aliphatic carbocycles. The molecule has 0 radical (unpaired) electrons. The SMILES string of the molecule is [C-]#[N+]c1ccc(C2N=CC(c3ccc(CNC(=O)c4ccc5[nH]ncc5c4)c(F)c3)=N2)cc1C(F)(F)F. The van der Waals surface area contributed by atoms with E-state index in [9.17, 15) is 22.4 Å². The number of carbonyl (C=O) groups is 1. The number of carbonyl (C=O) groups excluding carboxylic acids is 1. The maximum absolute atomic E-state index is 14.8. The molecule has 2 heterocycles. The average molecular weight is 504 g/mol. The van der Waals surface area contributed by atoms with Crippen molar-refractivity contribution in [1.82, 2.24) is 15.5 Å². The Morgan fingerprint density at radius 1 is 1.11 bits per heavy atom. The van der Waals surface area contributed by atoms with E-state index in [0.29, 0.717) is 16.8 Å². The Morgan fingerprint density at radius 3 is 2.70 bits per heavy atom. The number of fused-ring (bicyclic) bond motifs is 1. The Labute approximate surface area is 207 Å². The van der Waals surface area contributed by atoms with Gasteiger partial charge in [-0.3, -0.25) is 19.9 Å². The summed E-state index contributed by atoms with van der Waals surface area (Å²) >= 11 is 0. The molecule has 0 bridgehead atoms. The zero-order chi connectivity index (χ0) is 26.2. The van der Waals surface area contributed by atoms with Crippen LogP contribution in [0.5, 0.6) is 0 Å². The van der Waals surface area contributed by atoms with Gasteiger partial charge in [0, 0.05) is 28.6 Å². The first-order valence-corrected chi connectivity index (χ1v) is 10.9. The topological polar surface area (TPSA) is 86.9 Å². The van der Waals surface area contributed by atoms with Crippen molar-refractivity contribution in [2.75, 3.05) is 0 Å². The van der Waals surface area contributed by atoms with Crippen molar-refractivity contribution < 1.29 is 22.4 Å². The number of alkyl halides is 3. The monoisotopic (exact) mass is 504 g/mol. The van der Waals surface area contributed by atoms with Crippen molar-refractivity contribution in [3.05, 3.63) is 106 Å². The highest BCUT2D eigenvalue weighted by atomic mass is 19.4. The molecule has 5 rings (SSSR count). The van der Waals surface area contributed by atoms with Crippen molar-refractivity contribution in [3.63, 3.8) is 0 Å². The second-order valence-corrected chi connectivity index (χ2v) is 8.21. The van der Waals surface area contributed by atoms with E-state index in [2.05, 4.69) is 30.3 Å². The largest absolute Gasteiger partial charge is 0.407 e. The minimum Gasteiger partial charge on any atom is -0.348 e. The summed E-state index contributed by atoms with van der Waals surface area (Å²) in [5.74, 6) is -0.951. The van der Waals surface area contributed by atoms with Gasteiger partial charge in [-0.1, -0.05) is 30.3 Å². The molecule has 1 amide bonds. The summed E-state index contributed by atoms with van der Waals surface area (Å²) in [4.78, 5) is 23.9. The fraction of sp³-hybridized carbons (Fsp3) is 0.115. The van der Waals surface area contributed by atoms with Crippen molar-refractivity contribution in [2.45, 2.75) is 18.9 Å². The number of H-pyrrole nitrogens is 1. The highest BCUT2D eigenvalue weighted by molar-refractivity contribution is 6.39. The molecule has 1 atom stereocenters. The van der Waals surface area contributed by atoms with E-state index in [1.165, 1.54) is 24.4 Å². The number of nitrogens with one attached hydrogen (secondary N) is 2. The maximum atomic E-state index is 14.8. The van der Waals surface area contributed by atoms with Gasteiger partial charge in [-0.05, 0) is 29.8 Å². The zero-order valence-electron chi connectivity index (χ0n) is 18.8. The number of aromatic amines is 1. The number of rotatable bonds is 5. The normalized spacial score (nSPS) is 15.0. The molecule has 0 spiro atoms. The van der Waals surface area contributed by atoms with Crippen molar-refractivity contribution in [3.8, 4) is 0 Å². The van der Waals surface area contributed by atoms with Crippen LogP contribution in [-0.4, -0.2) is 28.0 Å². The van der Waals surface area contributed by atoms with E-state index in [1.807, 2.05) is 0 Å². The summed E-state index contributed by atoms with van der Waals surface area (Å²) in [6, 6.07) is 12.7. The number of hydrogen-bond acceptors (Lipinski definition) is 4. The Kier molecular flexibility index (Phi) is 6.01. The molecule has 1 aromatic heterocycles. The second kappa shape index (κ2) is 9.31. The number of amides is 1. The van der Waals surface area contributed by atoms with Gasteiger partial charge in [0.05, 0.1) is 35.8 Å². The first kappa shape index (κ1) is 23.9. The molecular formula is C26H16F4N6O. The lowest BCUT2D eigenvalue weighted by atomic mass is 10.1. The van der Waals surface area contributed by atoms with E-state index in [0.717, 1.165) is 23.0 Å². The highest BCUT2D eigenvalue weighted by Gasteiger charge is 2.34.